The van der Waals surface area contributed by atoms with E-state index >= 15 is 0 Å². The van der Waals surface area contributed by atoms with E-state index in [0.29, 0.717) is 0 Å². The number of pyridine rings is 1. The zero-order valence-electron chi connectivity index (χ0n) is 22.5. The number of oxazole rings is 1. The zero-order valence-corrected chi connectivity index (χ0v) is 22.5. The number of carbonyl (C=O) groups excluding carboxylic acids is 2. The number of alkyl halides is 5. The molecule has 0 spiro atoms. The van der Waals surface area contributed by atoms with Gasteiger partial charge in [0.2, 0.25) is 11.8 Å². The number of amides is 2. The highest BCUT2D eigenvalue weighted by Crippen LogP contribution is 2.37. The third-order valence-corrected chi connectivity index (χ3v) is 6.71. The van der Waals surface area contributed by atoms with Crippen LogP contribution in [0.15, 0.2) is 52.9 Å². The van der Waals surface area contributed by atoms with Crippen molar-refractivity contribution in [3.8, 4) is 23.0 Å². The molecule has 43 heavy (non-hydrogen) atoms. The number of anilines is 1. The standard InChI is InChI=1S/C28H24F5N5O5/c1-41-19-8-6-16(15-7-9-21(28(31,32)33)35-23(15)19)25-36-24(20(42-25)10-11-34)26(40)37-12-13-38(22(39)14-37)17-4-2-3-5-18(17)43-27(29)30/h2-9,27H,10-14,34H2,1H3. The zero-order chi connectivity index (χ0) is 30.9. The van der Waals surface area contributed by atoms with Gasteiger partial charge in [0.1, 0.15) is 35.0 Å². The van der Waals surface area contributed by atoms with Crippen molar-refractivity contribution >= 4 is 28.4 Å². The summed E-state index contributed by atoms with van der Waals surface area (Å²) in [6.07, 6.45) is -4.59. The summed E-state index contributed by atoms with van der Waals surface area (Å²) in [6, 6.07) is 10.8. The lowest BCUT2D eigenvalue weighted by molar-refractivity contribution is -0.141. The lowest BCUT2D eigenvalue weighted by atomic mass is 10.1. The van der Waals surface area contributed by atoms with Crippen molar-refractivity contribution in [2.45, 2.75) is 19.2 Å². The molecular weight excluding hydrogens is 581 g/mol. The Morgan fingerprint density at radius 3 is 2.51 bits per heavy atom. The van der Waals surface area contributed by atoms with Crippen molar-refractivity contribution in [2.24, 2.45) is 5.73 Å². The number of piperazine rings is 1. The maximum atomic E-state index is 13.6. The quantitative estimate of drug-likeness (QED) is 0.291. The van der Waals surface area contributed by atoms with Crippen LogP contribution in [-0.2, 0) is 17.4 Å². The summed E-state index contributed by atoms with van der Waals surface area (Å²) in [5.41, 5.74) is 4.80. The lowest BCUT2D eigenvalue weighted by Crippen LogP contribution is -2.52. The van der Waals surface area contributed by atoms with Gasteiger partial charge >= 0.3 is 12.8 Å². The second-order valence-electron chi connectivity index (χ2n) is 9.35. The molecule has 1 saturated heterocycles. The third kappa shape index (κ3) is 5.93. The number of hydrogen-bond donors (Lipinski definition) is 1. The molecule has 0 bridgehead atoms. The molecular formula is C28H24F5N5O5. The number of fused-ring (bicyclic) bond motifs is 1. The fraction of sp³-hybridized carbons (Fsp3) is 0.286. The van der Waals surface area contributed by atoms with Crippen molar-refractivity contribution in [1.29, 1.82) is 0 Å². The van der Waals surface area contributed by atoms with Crippen LogP contribution >= 0.6 is 0 Å². The third-order valence-electron chi connectivity index (χ3n) is 6.71. The predicted molar refractivity (Wildman–Crippen MR) is 143 cm³/mol. The Bertz CT molecular complexity index is 1680. The van der Waals surface area contributed by atoms with Crippen molar-refractivity contribution in [3.05, 3.63) is 65.7 Å². The SMILES string of the molecule is COc1ccc(-c2nc(C(=O)N3CCN(c4ccccc4OC(F)F)C(=O)C3)c(CCN)o2)c2ccc(C(F)(F)F)nc12. The van der Waals surface area contributed by atoms with Crippen molar-refractivity contribution < 1.29 is 45.4 Å². The predicted octanol–water partition coefficient (Wildman–Crippen LogP) is 4.51. The summed E-state index contributed by atoms with van der Waals surface area (Å²) < 4.78 is 81.4. The molecule has 3 heterocycles. The van der Waals surface area contributed by atoms with Gasteiger partial charge in [-0.3, -0.25) is 9.59 Å². The Labute approximate surface area is 240 Å². The van der Waals surface area contributed by atoms with Gasteiger partial charge in [-0.1, -0.05) is 12.1 Å². The number of nitrogens with two attached hydrogens (primary N) is 1. The van der Waals surface area contributed by atoms with Gasteiger partial charge < -0.3 is 29.4 Å². The topological polar surface area (TPSA) is 124 Å². The van der Waals surface area contributed by atoms with Crippen LogP contribution in [-0.4, -0.2) is 66.6 Å². The van der Waals surface area contributed by atoms with Crippen molar-refractivity contribution in [3.63, 3.8) is 0 Å². The molecule has 2 amide bonds. The first kappa shape index (κ1) is 29.7. The fourth-order valence-electron chi connectivity index (χ4n) is 4.76. The second-order valence-corrected chi connectivity index (χ2v) is 9.35. The molecule has 2 aromatic carbocycles. The Balaban J connectivity index is 1.45. The molecule has 1 fully saturated rings. The fourth-order valence-corrected chi connectivity index (χ4v) is 4.76. The summed E-state index contributed by atoms with van der Waals surface area (Å²) >= 11 is 0. The van der Waals surface area contributed by atoms with E-state index in [1.165, 1.54) is 53.3 Å². The molecule has 0 radical (unpaired) electrons. The molecule has 0 saturated carbocycles. The van der Waals surface area contributed by atoms with Gasteiger partial charge in [0.15, 0.2) is 5.69 Å². The molecule has 1 aliphatic heterocycles. The highest BCUT2D eigenvalue weighted by atomic mass is 19.4. The van der Waals surface area contributed by atoms with E-state index in [0.717, 1.165) is 6.07 Å². The van der Waals surface area contributed by atoms with E-state index in [2.05, 4.69) is 14.7 Å². The summed E-state index contributed by atoms with van der Waals surface area (Å²) in [5.74, 6) is -1.21. The number of rotatable bonds is 8. The van der Waals surface area contributed by atoms with E-state index < -0.39 is 30.3 Å². The maximum Gasteiger partial charge on any atom is 0.433 e. The molecule has 4 aromatic rings. The van der Waals surface area contributed by atoms with Crippen LogP contribution in [0.3, 0.4) is 0 Å². The number of hydrogen-bond acceptors (Lipinski definition) is 8. The number of aromatic nitrogens is 2. The normalized spacial score (nSPS) is 14.1. The van der Waals surface area contributed by atoms with Gasteiger partial charge in [0, 0.05) is 30.5 Å². The highest BCUT2D eigenvalue weighted by molar-refractivity contribution is 6.02. The van der Waals surface area contributed by atoms with E-state index in [-0.39, 0.29) is 83.6 Å². The molecule has 0 aliphatic carbocycles. The first-order chi connectivity index (χ1) is 20.5. The van der Waals surface area contributed by atoms with E-state index in [9.17, 15) is 31.5 Å². The smallest absolute Gasteiger partial charge is 0.433 e. The molecule has 5 rings (SSSR count). The Morgan fingerprint density at radius 2 is 1.84 bits per heavy atom. The van der Waals surface area contributed by atoms with E-state index in [1.807, 2.05) is 0 Å². The van der Waals surface area contributed by atoms with Crippen LogP contribution < -0.4 is 20.1 Å². The molecule has 15 heteroatoms. The molecule has 10 nitrogen and oxygen atoms in total. The van der Waals surface area contributed by atoms with Crippen molar-refractivity contribution in [1.82, 2.24) is 14.9 Å². The number of halogens is 5. The van der Waals surface area contributed by atoms with E-state index in [4.69, 9.17) is 14.9 Å². The van der Waals surface area contributed by atoms with Crippen molar-refractivity contribution in [2.75, 3.05) is 38.2 Å². The number of carbonyl (C=O) groups is 2. The number of ether oxygens (including phenoxy) is 2. The minimum atomic E-state index is -4.69. The highest BCUT2D eigenvalue weighted by Gasteiger charge is 2.35. The van der Waals surface area contributed by atoms with Gasteiger partial charge in [0.25, 0.3) is 5.91 Å². The molecule has 0 unspecified atom stereocenters. The monoisotopic (exact) mass is 605 g/mol. The lowest BCUT2D eigenvalue weighted by Gasteiger charge is -2.34. The Hall–Kier alpha value is -4.79. The second kappa shape index (κ2) is 11.8. The number of methoxy groups -OCH3 is 1. The minimum absolute atomic E-state index is 0.0125. The number of benzene rings is 2. The molecule has 2 N–H and O–H groups in total. The van der Waals surface area contributed by atoms with Crippen LogP contribution in [0.2, 0.25) is 0 Å². The molecule has 226 valence electrons. The Kier molecular flexibility index (Phi) is 8.17. The number of nitrogens with zero attached hydrogens (tertiary/aromatic N) is 4. The molecule has 1 aliphatic rings. The van der Waals surface area contributed by atoms with Gasteiger partial charge in [-0.15, -0.1) is 0 Å². The van der Waals surface area contributed by atoms with Gasteiger partial charge in [-0.2, -0.15) is 22.0 Å². The minimum Gasteiger partial charge on any atom is -0.494 e. The summed E-state index contributed by atoms with van der Waals surface area (Å²) in [7, 11) is 1.29. The van der Waals surface area contributed by atoms with Crippen LogP contribution in [0.25, 0.3) is 22.4 Å². The van der Waals surface area contributed by atoms with Crippen LogP contribution in [0.5, 0.6) is 11.5 Å². The first-order valence-corrected chi connectivity index (χ1v) is 12.9. The molecule has 0 atom stereocenters. The summed E-state index contributed by atoms with van der Waals surface area (Å²) in [5, 5.41) is 0.236. The number of para-hydroxylation sites is 2. The average molecular weight is 606 g/mol. The van der Waals surface area contributed by atoms with Crippen LogP contribution in [0, 0.1) is 0 Å². The largest absolute Gasteiger partial charge is 0.494 e. The Morgan fingerprint density at radius 1 is 1.07 bits per heavy atom. The summed E-state index contributed by atoms with van der Waals surface area (Å²) in [6.45, 7) is -3.37. The van der Waals surface area contributed by atoms with Gasteiger partial charge in [0.05, 0.1) is 12.8 Å². The average Bonchev–Trinajstić information content (AvgIpc) is 3.39. The first-order valence-electron chi connectivity index (χ1n) is 12.9. The van der Waals surface area contributed by atoms with E-state index in [1.54, 1.807) is 6.07 Å². The van der Waals surface area contributed by atoms with Crippen LogP contribution in [0.1, 0.15) is 21.9 Å². The molecule has 2 aromatic heterocycles. The maximum absolute atomic E-state index is 13.6. The summed E-state index contributed by atoms with van der Waals surface area (Å²) in [4.78, 5) is 37.2. The van der Waals surface area contributed by atoms with Gasteiger partial charge in [-0.25, -0.2) is 9.97 Å². The van der Waals surface area contributed by atoms with Crippen LogP contribution in [0.4, 0.5) is 27.6 Å². The van der Waals surface area contributed by atoms with Gasteiger partial charge in [-0.05, 0) is 42.9 Å².